The normalized spacial score (nSPS) is 11.7. The molecule has 0 spiro atoms. The predicted octanol–water partition coefficient (Wildman–Crippen LogP) is 4.17. The molecule has 0 atom stereocenters. The van der Waals surface area contributed by atoms with Crippen molar-refractivity contribution in [3.8, 4) is 11.1 Å². The van der Waals surface area contributed by atoms with E-state index in [0.29, 0.717) is 6.54 Å². The quantitative estimate of drug-likeness (QED) is 0.564. The molecule has 5 nitrogen and oxygen atoms in total. The van der Waals surface area contributed by atoms with Gasteiger partial charge in [0.2, 0.25) is 10.0 Å². The van der Waals surface area contributed by atoms with Gasteiger partial charge in [0, 0.05) is 24.8 Å². The van der Waals surface area contributed by atoms with E-state index in [4.69, 9.17) is 0 Å². The number of sulfonamides is 1. The number of benzene rings is 2. The molecule has 1 heterocycles. The Labute approximate surface area is 167 Å². The third-order valence-electron chi connectivity index (χ3n) is 4.88. The van der Waals surface area contributed by atoms with E-state index in [1.807, 2.05) is 61.0 Å². The molecule has 0 saturated carbocycles. The molecule has 2 aromatic carbocycles. The molecular weight excluding hydrogens is 370 g/mol. The van der Waals surface area contributed by atoms with Crippen LogP contribution < -0.4 is 0 Å². The van der Waals surface area contributed by atoms with Gasteiger partial charge < -0.3 is 0 Å². The maximum absolute atomic E-state index is 13.0. The molecule has 3 aromatic rings. The maximum Gasteiger partial charge on any atom is 0.243 e. The topological polar surface area (TPSA) is 55.2 Å². The van der Waals surface area contributed by atoms with Crippen LogP contribution in [0.4, 0.5) is 0 Å². The van der Waals surface area contributed by atoms with E-state index in [2.05, 4.69) is 11.7 Å². The number of allylic oxidation sites excluding steroid dienone is 1. The number of aryl methyl sites for hydroxylation is 1. The van der Waals surface area contributed by atoms with Gasteiger partial charge in [-0.25, -0.2) is 8.42 Å². The van der Waals surface area contributed by atoms with Crippen molar-refractivity contribution >= 4 is 10.0 Å². The van der Waals surface area contributed by atoms with Gasteiger partial charge in [0.1, 0.15) is 0 Å². The highest BCUT2D eigenvalue weighted by molar-refractivity contribution is 7.89. The van der Waals surface area contributed by atoms with Crippen LogP contribution in [0.2, 0.25) is 0 Å². The summed E-state index contributed by atoms with van der Waals surface area (Å²) in [4.78, 5) is 0.281. The average Bonchev–Trinajstić information content (AvgIpc) is 2.96. The number of hydrogen-bond acceptors (Lipinski definition) is 3. The molecular formula is C22H25N3O2S. The van der Waals surface area contributed by atoms with E-state index < -0.39 is 10.0 Å². The van der Waals surface area contributed by atoms with Crippen molar-refractivity contribution in [1.29, 1.82) is 0 Å². The second kappa shape index (κ2) is 8.12. The van der Waals surface area contributed by atoms with Crippen molar-refractivity contribution in [1.82, 2.24) is 14.1 Å². The van der Waals surface area contributed by atoms with Gasteiger partial charge in [-0.15, -0.1) is 6.58 Å². The summed E-state index contributed by atoms with van der Waals surface area (Å²) in [7, 11) is -2.00. The van der Waals surface area contributed by atoms with Crippen molar-refractivity contribution < 1.29 is 8.42 Å². The summed E-state index contributed by atoms with van der Waals surface area (Å²) in [6.07, 6.45) is 1.78. The minimum Gasteiger partial charge on any atom is -0.265 e. The fourth-order valence-corrected chi connectivity index (χ4v) is 4.34. The molecule has 0 saturated heterocycles. The molecule has 0 amide bonds. The van der Waals surface area contributed by atoms with Gasteiger partial charge in [-0.2, -0.15) is 9.40 Å². The lowest BCUT2D eigenvalue weighted by molar-refractivity contribution is 0.465. The summed E-state index contributed by atoms with van der Waals surface area (Å²) < 4.78 is 29.3. The Bertz CT molecular complexity index is 1070. The molecule has 0 radical (unpaired) electrons. The van der Waals surface area contributed by atoms with Crippen LogP contribution in [0.15, 0.2) is 72.1 Å². The summed E-state index contributed by atoms with van der Waals surface area (Å²) in [5.41, 5.74) is 4.76. The van der Waals surface area contributed by atoms with E-state index in [1.165, 1.54) is 4.31 Å². The van der Waals surface area contributed by atoms with Crippen LogP contribution in [-0.4, -0.2) is 29.6 Å². The Morgan fingerprint density at radius 1 is 1.04 bits per heavy atom. The van der Waals surface area contributed by atoms with Crippen molar-refractivity contribution in [2.75, 3.05) is 7.05 Å². The molecule has 0 fully saturated rings. The highest BCUT2D eigenvalue weighted by Crippen LogP contribution is 2.24. The number of hydrogen-bond donors (Lipinski definition) is 0. The second-order valence-corrected chi connectivity index (χ2v) is 8.82. The Balaban J connectivity index is 1.84. The Morgan fingerprint density at radius 3 is 2.25 bits per heavy atom. The predicted molar refractivity (Wildman–Crippen MR) is 112 cm³/mol. The fraction of sp³-hybridized carbons (Fsp3) is 0.227. The van der Waals surface area contributed by atoms with Crippen LogP contribution in [-0.2, 0) is 23.1 Å². The second-order valence-electron chi connectivity index (χ2n) is 6.77. The minimum absolute atomic E-state index is 0.275. The maximum atomic E-state index is 13.0. The molecule has 6 heteroatoms. The lowest BCUT2D eigenvalue weighted by atomic mass is 10.1. The van der Waals surface area contributed by atoms with Gasteiger partial charge in [-0.3, -0.25) is 4.68 Å². The van der Waals surface area contributed by atoms with Crippen LogP contribution in [0.5, 0.6) is 0 Å². The third kappa shape index (κ3) is 3.93. The first-order valence-electron chi connectivity index (χ1n) is 9.10. The summed E-state index contributed by atoms with van der Waals surface area (Å²) in [6.45, 7) is 8.47. The summed E-state index contributed by atoms with van der Waals surface area (Å²) in [5.74, 6) is 0. The lowest BCUT2D eigenvalue weighted by Crippen LogP contribution is -2.27. The van der Waals surface area contributed by atoms with Gasteiger partial charge in [0.05, 0.1) is 17.1 Å². The molecule has 0 unspecified atom stereocenters. The molecule has 28 heavy (non-hydrogen) atoms. The monoisotopic (exact) mass is 395 g/mol. The van der Waals surface area contributed by atoms with E-state index >= 15 is 0 Å². The van der Waals surface area contributed by atoms with Crippen LogP contribution in [0.1, 0.15) is 17.0 Å². The first-order chi connectivity index (χ1) is 13.3. The standard InChI is InChI=1S/C22H25N3O2S/c1-5-15-25-18(3)22(17(2)23-25)16-24(4)28(26,27)21-13-11-20(12-14-21)19-9-7-6-8-10-19/h5-14H,1,15-16H2,2-4H3. The minimum atomic E-state index is -3.60. The molecule has 0 aliphatic carbocycles. The Morgan fingerprint density at radius 2 is 1.64 bits per heavy atom. The smallest absolute Gasteiger partial charge is 0.243 e. The fourth-order valence-electron chi connectivity index (χ4n) is 3.20. The molecule has 0 aliphatic rings. The van der Waals surface area contributed by atoms with Gasteiger partial charge in [0.15, 0.2) is 0 Å². The molecule has 0 N–H and O–H groups in total. The molecule has 0 bridgehead atoms. The number of rotatable bonds is 7. The molecule has 146 valence electrons. The summed E-state index contributed by atoms with van der Waals surface area (Å²) in [5, 5.41) is 4.48. The average molecular weight is 396 g/mol. The molecule has 1 aromatic heterocycles. The van der Waals surface area contributed by atoms with E-state index in [-0.39, 0.29) is 11.4 Å². The van der Waals surface area contributed by atoms with Crippen LogP contribution >= 0.6 is 0 Å². The first kappa shape index (κ1) is 20.0. The SMILES string of the molecule is C=CCn1nc(C)c(CN(C)S(=O)(=O)c2ccc(-c3ccccc3)cc2)c1C. The number of nitrogens with zero attached hydrogens (tertiary/aromatic N) is 3. The summed E-state index contributed by atoms with van der Waals surface area (Å²) in [6, 6.07) is 16.9. The van der Waals surface area contributed by atoms with Gasteiger partial charge in [0.25, 0.3) is 0 Å². The molecule has 3 rings (SSSR count). The largest absolute Gasteiger partial charge is 0.265 e. The highest BCUT2D eigenvalue weighted by atomic mass is 32.2. The van der Waals surface area contributed by atoms with E-state index in [0.717, 1.165) is 28.1 Å². The lowest BCUT2D eigenvalue weighted by Gasteiger charge is -2.18. The van der Waals surface area contributed by atoms with Gasteiger partial charge in [-0.1, -0.05) is 48.5 Å². The first-order valence-corrected chi connectivity index (χ1v) is 10.5. The van der Waals surface area contributed by atoms with Crippen molar-refractivity contribution in [3.63, 3.8) is 0 Å². The zero-order valence-corrected chi connectivity index (χ0v) is 17.3. The van der Waals surface area contributed by atoms with E-state index in [1.54, 1.807) is 25.3 Å². The van der Waals surface area contributed by atoms with Gasteiger partial charge in [-0.05, 0) is 37.1 Å². The number of aromatic nitrogens is 2. The zero-order chi connectivity index (χ0) is 20.3. The Hall–Kier alpha value is -2.70. The summed E-state index contributed by atoms with van der Waals surface area (Å²) >= 11 is 0. The van der Waals surface area contributed by atoms with E-state index in [9.17, 15) is 8.42 Å². The molecule has 0 aliphatic heterocycles. The zero-order valence-electron chi connectivity index (χ0n) is 16.5. The van der Waals surface area contributed by atoms with Crippen molar-refractivity contribution in [2.24, 2.45) is 0 Å². The van der Waals surface area contributed by atoms with Crippen LogP contribution in [0.25, 0.3) is 11.1 Å². The van der Waals surface area contributed by atoms with Crippen LogP contribution in [0.3, 0.4) is 0 Å². The van der Waals surface area contributed by atoms with Gasteiger partial charge >= 0.3 is 0 Å². The van der Waals surface area contributed by atoms with Crippen LogP contribution in [0, 0.1) is 13.8 Å². The van der Waals surface area contributed by atoms with Crippen molar-refractivity contribution in [2.45, 2.75) is 31.8 Å². The van der Waals surface area contributed by atoms with Crippen molar-refractivity contribution in [3.05, 3.63) is 84.2 Å². The Kier molecular flexibility index (Phi) is 5.82. The highest BCUT2D eigenvalue weighted by Gasteiger charge is 2.23. The third-order valence-corrected chi connectivity index (χ3v) is 6.70.